The Morgan fingerprint density at radius 1 is 1.09 bits per heavy atom. The number of anilines is 3. The van der Waals surface area contributed by atoms with Gasteiger partial charge in [-0.05, 0) is 57.3 Å². The molecule has 232 valence electrons. The molecule has 1 aromatic carbocycles. The van der Waals surface area contributed by atoms with Crippen molar-refractivity contribution < 1.29 is 9.53 Å². The molecule has 2 aliphatic rings. The second-order valence-corrected chi connectivity index (χ2v) is 11.8. The molecule has 4 heterocycles. The van der Waals surface area contributed by atoms with E-state index < -0.39 is 0 Å². The van der Waals surface area contributed by atoms with Crippen molar-refractivity contribution in [2.45, 2.75) is 84.6 Å². The number of piperidine rings is 1. The highest BCUT2D eigenvalue weighted by Crippen LogP contribution is 2.32. The predicted octanol–water partition coefficient (Wildman–Crippen LogP) is 3.64. The highest BCUT2D eigenvalue weighted by Gasteiger charge is 2.29. The summed E-state index contributed by atoms with van der Waals surface area (Å²) in [6, 6.07) is 9.14. The van der Waals surface area contributed by atoms with E-state index in [1.807, 2.05) is 0 Å². The van der Waals surface area contributed by atoms with Crippen LogP contribution in [0.15, 0.2) is 24.3 Å². The molecule has 5 rings (SSSR count). The number of nitrogens with one attached hydrogen (secondary N) is 1. The van der Waals surface area contributed by atoms with E-state index in [1.165, 1.54) is 16.3 Å². The minimum absolute atomic E-state index is 0.174. The van der Waals surface area contributed by atoms with Gasteiger partial charge in [0.1, 0.15) is 17.3 Å². The Labute approximate surface area is 254 Å². The number of carbonyl (C=O) groups is 1. The van der Waals surface area contributed by atoms with Crippen LogP contribution in [0.4, 0.5) is 17.3 Å². The van der Waals surface area contributed by atoms with Crippen LogP contribution in [0.5, 0.6) is 6.01 Å². The minimum Gasteiger partial charge on any atom is -0.463 e. The number of nitrogens with two attached hydrogens (primary N) is 1. The molecule has 3 aromatic rings. The lowest BCUT2D eigenvalue weighted by atomic mass is 9.95. The molecule has 43 heavy (non-hydrogen) atoms. The predicted molar refractivity (Wildman–Crippen MR) is 168 cm³/mol. The third kappa shape index (κ3) is 7.24. The summed E-state index contributed by atoms with van der Waals surface area (Å²) in [4.78, 5) is 27.4. The van der Waals surface area contributed by atoms with E-state index in [-0.39, 0.29) is 11.8 Å². The molecule has 2 aliphatic heterocycles. The second-order valence-electron chi connectivity index (χ2n) is 11.8. The Morgan fingerprint density at radius 3 is 2.51 bits per heavy atom. The third-order valence-corrected chi connectivity index (χ3v) is 8.55. The Bertz CT molecular complexity index is 1350. The van der Waals surface area contributed by atoms with Gasteiger partial charge < -0.3 is 20.4 Å². The van der Waals surface area contributed by atoms with E-state index in [2.05, 4.69) is 84.9 Å². The molecule has 2 aromatic heterocycles. The fourth-order valence-corrected chi connectivity index (χ4v) is 5.92. The Balaban J connectivity index is 1.17. The lowest BCUT2D eigenvalue weighted by Gasteiger charge is -2.34. The largest absolute Gasteiger partial charge is 0.463 e. The Morgan fingerprint density at radius 2 is 1.84 bits per heavy atom. The number of carbonyl (C=O) groups excluding carboxylic acids is 1. The number of benzene rings is 1. The highest BCUT2D eigenvalue weighted by molar-refractivity contribution is 5.85. The van der Waals surface area contributed by atoms with E-state index in [0.717, 1.165) is 82.7 Å². The van der Waals surface area contributed by atoms with Gasteiger partial charge in [-0.2, -0.15) is 9.97 Å². The number of amides is 1. The first-order chi connectivity index (χ1) is 20.9. The van der Waals surface area contributed by atoms with Crippen LogP contribution in [-0.4, -0.2) is 80.3 Å². The smallest absolute Gasteiger partial charge is 0.320 e. The van der Waals surface area contributed by atoms with Crippen molar-refractivity contribution in [3.8, 4) is 6.01 Å². The maximum atomic E-state index is 12.2. The number of rotatable bonds is 13. The molecule has 0 atom stereocenters. The molecular formula is C31H46N10O2. The second kappa shape index (κ2) is 14.1. The number of hydrogen-bond acceptors (Lipinski definition) is 10. The Kier molecular flexibility index (Phi) is 10.1. The van der Waals surface area contributed by atoms with Crippen molar-refractivity contribution in [3.05, 3.63) is 47.0 Å². The number of ether oxygens (including phenoxy) is 1. The summed E-state index contributed by atoms with van der Waals surface area (Å²) >= 11 is 0. The third-order valence-electron chi connectivity index (χ3n) is 8.55. The number of fused-ring (bicyclic) bond motifs is 1. The molecule has 0 unspecified atom stereocenters. The van der Waals surface area contributed by atoms with Gasteiger partial charge in [0.2, 0.25) is 6.41 Å². The average molecular weight is 591 g/mol. The standard InChI is InChI=1S/C31H46N10O2/c1-5-6-17-43-31-34-28(32)27(33-4)30(35-31)40(21-42)19-24-9-7-23(8-10-24)18-38-13-11-25(12-14-38)29-37-36-26-20-39(22(2)3)15-16-41(26)29/h7-10,21-22,25,33H,5-6,11-20H2,1-4H3,(H2,32,34,35). The summed E-state index contributed by atoms with van der Waals surface area (Å²) in [5, 5.41) is 12.2. The van der Waals surface area contributed by atoms with Crippen LogP contribution in [0.25, 0.3) is 0 Å². The molecule has 3 N–H and O–H groups in total. The summed E-state index contributed by atoms with van der Waals surface area (Å²) in [6.07, 6.45) is 4.84. The summed E-state index contributed by atoms with van der Waals surface area (Å²) in [5.41, 5.74) is 8.91. The topological polar surface area (TPSA) is 131 Å². The first kappa shape index (κ1) is 30.7. The van der Waals surface area contributed by atoms with Gasteiger partial charge in [0.15, 0.2) is 11.6 Å². The SMILES string of the molecule is CCCCOc1nc(N)c(NC)c(N(C=O)Cc2ccc(CN3CCC(c4nnc5n4CCN(C(C)C)C5)CC3)cc2)n1. The molecule has 1 saturated heterocycles. The van der Waals surface area contributed by atoms with Crippen molar-refractivity contribution in [2.75, 3.05) is 49.2 Å². The highest BCUT2D eigenvalue weighted by atomic mass is 16.5. The molecule has 0 saturated carbocycles. The van der Waals surface area contributed by atoms with E-state index in [1.54, 1.807) is 7.05 Å². The zero-order chi connectivity index (χ0) is 30.3. The summed E-state index contributed by atoms with van der Waals surface area (Å²) in [6.45, 7) is 13.3. The zero-order valence-corrected chi connectivity index (χ0v) is 26.0. The van der Waals surface area contributed by atoms with Gasteiger partial charge in [-0.15, -0.1) is 10.2 Å². The van der Waals surface area contributed by atoms with Crippen LogP contribution in [0, 0.1) is 0 Å². The molecule has 0 bridgehead atoms. The maximum Gasteiger partial charge on any atom is 0.320 e. The fourth-order valence-electron chi connectivity index (χ4n) is 5.92. The normalized spacial score (nSPS) is 16.3. The summed E-state index contributed by atoms with van der Waals surface area (Å²) in [7, 11) is 1.73. The molecular weight excluding hydrogens is 544 g/mol. The number of nitrogens with zero attached hydrogens (tertiary/aromatic N) is 8. The van der Waals surface area contributed by atoms with Gasteiger partial charge in [-0.25, -0.2) is 0 Å². The molecule has 12 nitrogen and oxygen atoms in total. The van der Waals surface area contributed by atoms with Crippen LogP contribution in [0.2, 0.25) is 0 Å². The molecule has 1 fully saturated rings. The number of nitrogen functional groups attached to an aromatic ring is 1. The van der Waals surface area contributed by atoms with Gasteiger partial charge in [0, 0.05) is 38.6 Å². The first-order valence-electron chi connectivity index (χ1n) is 15.6. The van der Waals surface area contributed by atoms with E-state index in [9.17, 15) is 4.79 Å². The van der Waals surface area contributed by atoms with Crippen LogP contribution in [0.3, 0.4) is 0 Å². The lowest BCUT2D eigenvalue weighted by Crippen LogP contribution is -2.39. The maximum absolute atomic E-state index is 12.2. The van der Waals surface area contributed by atoms with E-state index in [4.69, 9.17) is 10.5 Å². The Hall–Kier alpha value is -3.77. The molecule has 12 heteroatoms. The van der Waals surface area contributed by atoms with E-state index in [0.29, 0.717) is 36.6 Å². The number of likely N-dealkylation sites (tertiary alicyclic amines) is 1. The van der Waals surface area contributed by atoms with Crippen LogP contribution < -0.4 is 20.7 Å². The molecule has 1 amide bonds. The van der Waals surface area contributed by atoms with Crippen LogP contribution >= 0.6 is 0 Å². The fraction of sp³-hybridized carbons (Fsp3) is 0.581. The minimum atomic E-state index is 0.174. The summed E-state index contributed by atoms with van der Waals surface area (Å²) in [5.74, 6) is 3.39. The number of hydrogen-bond donors (Lipinski definition) is 2. The van der Waals surface area contributed by atoms with E-state index >= 15 is 0 Å². The summed E-state index contributed by atoms with van der Waals surface area (Å²) < 4.78 is 8.05. The van der Waals surface area contributed by atoms with Crippen LogP contribution in [-0.2, 0) is 31.0 Å². The van der Waals surface area contributed by atoms with Crippen molar-refractivity contribution in [3.63, 3.8) is 0 Å². The van der Waals surface area contributed by atoms with Gasteiger partial charge in [-0.1, -0.05) is 37.6 Å². The van der Waals surface area contributed by atoms with Gasteiger partial charge in [0.25, 0.3) is 0 Å². The van der Waals surface area contributed by atoms with Crippen molar-refractivity contribution in [2.24, 2.45) is 0 Å². The first-order valence-corrected chi connectivity index (χ1v) is 15.6. The molecule has 0 spiro atoms. The van der Waals surface area contributed by atoms with Gasteiger partial charge in [-0.3, -0.25) is 19.5 Å². The monoisotopic (exact) mass is 590 g/mol. The molecule has 0 radical (unpaired) electrons. The number of aromatic nitrogens is 5. The lowest BCUT2D eigenvalue weighted by molar-refractivity contribution is -0.107. The average Bonchev–Trinajstić information content (AvgIpc) is 3.44. The van der Waals surface area contributed by atoms with Crippen molar-refractivity contribution >= 4 is 23.7 Å². The van der Waals surface area contributed by atoms with Crippen molar-refractivity contribution in [1.29, 1.82) is 0 Å². The zero-order valence-electron chi connectivity index (χ0n) is 26.0. The van der Waals surface area contributed by atoms with Gasteiger partial charge in [0.05, 0.1) is 19.7 Å². The number of unbranched alkanes of at least 4 members (excludes halogenated alkanes) is 1. The van der Waals surface area contributed by atoms with Crippen LogP contribution in [0.1, 0.15) is 75.1 Å². The molecule has 0 aliphatic carbocycles. The van der Waals surface area contributed by atoms with Crippen molar-refractivity contribution in [1.82, 2.24) is 34.5 Å². The quantitative estimate of drug-likeness (QED) is 0.225. The van der Waals surface area contributed by atoms with Gasteiger partial charge >= 0.3 is 6.01 Å².